The van der Waals surface area contributed by atoms with E-state index in [1.807, 2.05) is 0 Å². The molecule has 0 fully saturated rings. The number of hydrogen-bond acceptors (Lipinski definition) is 2. The second-order valence-corrected chi connectivity index (χ2v) is 4.85. The number of nitrogens with one attached hydrogen (secondary N) is 1. The summed E-state index contributed by atoms with van der Waals surface area (Å²) < 4.78 is 0. The molecule has 2 nitrogen and oxygen atoms in total. The van der Waals surface area contributed by atoms with Gasteiger partial charge in [0, 0.05) is 6.04 Å². The molecular formula is C14H24N2. The van der Waals surface area contributed by atoms with Crippen LogP contribution in [0.4, 0.5) is 0 Å². The van der Waals surface area contributed by atoms with Crippen molar-refractivity contribution in [2.24, 2.45) is 17.7 Å². The largest absolute Gasteiger partial charge is 0.271 e. The monoisotopic (exact) mass is 220 g/mol. The van der Waals surface area contributed by atoms with Crippen molar-refractivity contribution in [3.05, 3.63) is 35.4 Å². The van der Waals surface area contributed by atoms with Crippen molar-refractivity contribution in [3.8, 4) is 0 Å². The van der Waals surface area contributed by atoms with E-state index in [4.69, 9.17) is 5.84 Å². The average Bonchev–Trinajstić information content (AvgIpc) is 2.30. The van der Waals surface area contributed by atoms with Crippen LogP contribution in [0.2, 0.25) is 0 Å². The molecule has 0 aliphatic heterocycles. The lowest BCUT2D eigenvalue weighted by Gasteiger charge is -2.27. The van der Waals surface area contributed by atoms with Crippen molar-refractivity contribution in [1.82, 2.24) is 5.43 Å². The molecule has 2 atom stereocenters. The summed E-state index contributed by atoms with van der Waals surface area (Å²) >= 11 is 0. The lowest BCUT2D eigenvalue weighted by atomic mass is 9.86. The van der Waals surface area contributed by atoms with Crippen LogP contribution in [0.15, 0.2) is 24.3 Å². The Bertz CT molecular complexity index is 320. The highest BCUT2D eigenvalue weighted by molar-refractivity contribution is 5.26. The van der Waals surface area contributed by atoms with Crippen LogP contribution in [0.25, 0.3) is 0 Å². The third-order valence-corrected chi connectivity index (χ3v) is 3.48. The van der Waals surface area contributed by atoms with Gasteiger partial charge >= 0.3 is 0 Å². The first-order valence-electron chi connectivity index (χ1n) is 6.15. The van der Waals surface area contributed by atoms with Gasteiger partial charge in [0.25, 0.3) is 0 Å². The summed E-state index contributed by atoms with van der Waals surface area (Å²) in [5, 5.41) is 0. The molecule has 0 heterocycles. The highest BCUT2D eigenvalue weighted by atomic mass is 15.2. The molecule has 0 aliphatic rings. The minimum atomic E-state index is 0.242. The number of benzene rings is 1. The smallest absolute Gasteiger partial charge is 0.0488 e. The van der Waals surface area contributed by atoms with E-state index in [1.165, 1.54) is 11.1 Å². The quantitative estimate of drug-likeness (QED) is 0.591. The van der Waals surface area contributed by atoms with Gasteiger partial charge in [0.15, 0.2) is 0 Å². The van der Waals surface area contributed by atoms with E-state index < -0.39 is 0 Å². The highest BCUT2D eigenvalue weighted by Crippen LogP contribution is 2.27. The number of nitrogens with two attached hydrogens (primary N) is 1. The van der Waals surface area contributed by atoms with Gasteiger partial charge in [-0.25, -0.2) is 0 Å². The summed E-state index contributed by atoms with van der Waals surface area (Å²) in [6.45, 7) is 8.89. The number of hydrogen-bond donors (Lipinski definition) is 2. The van der Waals surface area contributed by atoms with Crippen molar-refractivity contribution in [2.45, 2.75) is 40.2 Å². The zero-order valence-corrected chi connectivity index (χ0v) is 10.8. The van der Waals surface area contributed by atoms with Crippen molar-refractivity contribution >= 4 is 0 Å². The summed E-state index contributed by atoms with van der Waals surface area (Å²) in [6.07, 6.45) is 1.07. The van der Waals surface area contributed by atoms with E-state index in [-0.39, 0.29) is 6.04 Å². The van der Waals surface area contributed by atoms with Gasteiger partial charge in [0.1, 0.15) is 0 Å². The lowest BCUT2D eigenvalue weighted by molar-refractivity contribution is 0.306. The molecule has 3 N–H and O–H groups in total. The Kier molecular flexibility index (Phi) is 4.97. The van der Waals surface area contributed by atoms with Crippen LogP contribution < -0.4 is 11.3 Å². The van der Waals surface area contributed by atoms with E-state index in [2.05, 4.69) is 57.4 Å². The van der Waals surface area contributed by atoms with Gasteiger partial charge < -0.3 is 0 Å². The zero-order valence-electron chi connectivity index (χ0n) is 10.8. The van der Waals surface area contributed by atoms with Gasteiger partial charge in [-0.05, 0) is 29.4 Å². The van der Waals surface area contributed by atoms with E-state index >= 15 is 0 Å². The maximum atomic E-state index is 5.69. The topological polar surface area (TPSA) is 38.0 Å². The van der Waals surface area contributed by atoms with Crippen LogP contribution in [0.5, 0.6) is 0 Å². The first-order chi connectivity index (χ1) is 7.60. The molecule has 0 aromatic heterocycles. The van der Waals surface area contributed by atoms with Crippen LogP contribution in [-0.2, 0) is 6.42 Å². The molecule has 2 heteroatoms. The molecule has 90 valence electrons. The number of aryl methyl sites for hydroxylation is 1. The van der Waals surface area contributed by atoms with Gasteiger partial charge in [-0.15, -0.1) is 0 Å². The fraction of sp³-hybridized carbons (Fsp3) is 0.571. The zero-order chi connectivity index (χ0) is 12.1. The molecule has 0 amide bonds. The predicted octanol–water partition coefficient (Wildman–Crippen LogP) is 3.05. The van der Waals surface area contributed by atoms with E-state index in [0.29, 0.717) is 11.8 Å². The van der Waals surface area contributed by atoms with Crippen LogP contribution in [-0.4, -0.2) is 0 Å². The minimum absolute atomic E-state index is 0.242. The van der Waals surface area contributed by atoms with Gasteiger partial charge in [-0.3, -0.25) is 11.3 Å². The predicted molar refractivity (Wildman–Crippen MR) is 69.9 cm³/mol. The minimum Gasteiger partial charge on any atom is -0.271 e. The molecule has 16 heavy (non-hydrogen) atoms. The summed E-state index contributed by atoms with van der Waals surface area (Å²) in [5.74, 6) is 6.83. The Labute approximate surface area is 99.2 Å². The highest BCUT2D eigenvalue weighted by Gasteiger charge is 2.20. The van der Waals surface area contributed by atoms with Crippen LogP contribution in [0, 0.1) is 11.8 Å². The molecule has 0 spiro atoms. The Morgan fingerprint density at radius 1 is 1.25 bits per heavy atom. The van der Waals surface area contributed by atoms with Crippen molar-refractivity contribution in [1.29, 1.82) is 0 Å². The summed E-state index contributed by atoms with van der Waals surface area (Å²) in [4.78, 5) is 0. The summed E-state index contributed by atoms with van der Waals surface area (Å²) in [6, 6.07) is 8.93. The maximum absolute atomic E-state index is 5.69. The molecule has 0 radical (unpaired) electrons. The Morgan fingerprint density at radius 3 is 2.44 bits per heavy atom. The third kappa shape index (κ3) is 3.06. The van der Waals surface area contributed by atoms with Crippen molar-refractivity contribution < 1.29 is 0 Å². The van der Waals surface area contributed by atoms with Gasteiger partial charge in [0.2, 0.25) is 0 Å². The Hall–Kier alpha value is -0.860. The standard InChI is InChI=1S/C14H24N2/c1-5-12-7-6-8-13(9-12)14(16-15)11(4)10(2)3/h6-11,14,16H,5,15H2,1-4H3. The van der Waals surface area contributed by atoms with E-state index in [9.17, 15) is 0 Å². The molecule has 1 aromatic rings. The lowest BCUT2D eigenvalue weighted by Crippen LogP contribution is -2.34. The molecule has 0 bridgehead atoms. The maximum Gasteiger partial charge on any atom is 0.0488 e. The SMILES string of the molecule is CCc1cccc(C(NN)C(C)C(C)C)c1. The summed E-state index contributed by atoms with van der Waals surface area (Å²) in [7, 11) is 0. The summed E-state index contributed by atoms with van der Waals surface area (Å²) in [5.41, 5.74) is 5.61. The fourth-order valence-corrected chi connectivity index (χ4v) is 1.94. The van der Waals surface area contributed by atoms with Crippen LogP contribution in [0.1, 0.15) is 44.9 Å². The van der Waals surface area contributed by atoms with Crippen molar-refractivity contribution in [2.75, 3.05) is 0 Å². The fourth-order valence-electron chi connectivity index (χ4n) is 1.94. The van der Waals surface area contributed by atoms with Crippen molar-refractivity contribution in [3.63, 3.8) is 0 Å². The molecule has 1 rings (SSSR count). The molecule has 0 saturated carbocycles. The van der Waals surface area contributed by atoms with Crippen LogP contribution in [0.3, 0.4) is 0 Å². The number of rotatable bonds is 5. The first kappa shape index (κ1) is 13.2. The van der Waals surface area contributed by atoms with Crippen LogP contribution >= 0.6 is 0 Å². The molecular weight excluding hydrogens is 196 g/mol. The van der Waals surface area contributed by atoms with Gasteiger partial charge in [0.05, 0.1) is 0 Å². The van der Waals surface area contributed by atoms with Gasteiger partial charge in [-0.2, -0.15) is 0 Å². The second-order valence-electron chi connectivity index (χ2n) is 4.85. The third-order valence-electron chi connectivity index (χ3n) is 3.48. The van der Waals surface area contributed by atoms with Gasteiger partial charge in [-0.1, -0.05) is 52.0 Å². The molecule has 0 saturated heterocycles. The molecule has 0 aliphatic carbocycles. The Balaban J connectivity index is 2.94. The second kappa shape index (κ2) is 6.02. The normalized spacial score (nSPS) is 15.1. The van der Waals surface area contributed by atoms with E-state index in [1.54, 1.807) is 0 Å². The first-order valence-corrected chi connectivity index (χ1v) is 6.15. The average molecular weight is 220 g/mol. The Morgan fingerprint density at radius 2 is 1.94 bits per heavy atom. The molecule has 1 aromatic carbocycles. The van der Waals surface area contributed by atoms with E-state index in [0.717, 1.165) is 6.42 Å². The molecule has 2 unspecified atom stereocenters. The number of hydrazine groups is 1.